The first-order valence-electron chi connectivity index (χ1n) is 12.6. The average Bonchev–Trinajstić information content (AvgIpc) is 3.77. The van der Waals surface area contributed by atoms with Crippen LogP contribution in [-0.4, -0.2) is 63.8 Å². The molecule has 4 heterocycles. The Morgan fingerprint density at radius 1 is 1.07 bits per heavy atom. The monoisotopic (exact) mass is 592 g/mol. The van der Waals surface area contributed by atoms with Gasteiger partial charge in [-0.25, -0.2) is 4.98 Å². The molecule has 9 nitrogen and oxygen atoms in total. The Hall–Kier alpha value is -3.80. The van der Waals surface area contributed by atoms with Crippen LogP contribution >= 0.6 is 34.7 Å². The molecule has 0 unspecified atom stereocenters. The highest BCUT2D eigenvalue weighted by Crippen LogP contribution is 2.34. The zero-order valence-electron chi connectivity index (χ0n) is 21.6. The zero-order chi connectivity index (χ0) is 27.5. The SMILES string of the molecule is COc1ccccc1-n1c(SCc2nc(C(=O)N3CCN(c4cccc(Cl)c4)CC3)cs2)nnc1-c1ccco1. The largest absolute Gasteiger partial charge is 0.495 e. The quantitative estimate of drug-likeness (QED) is 0.206. The van der Waals surface area contributed by atoms with Crippen LogP contribution in [0.4, 0.5) is 5.69 Å². The minimum atomic E-state index is -0.0458. The number of aromatic nitrogens is 4. The molecule has 0 N–H and O–H groups in total. The third-order valence-electron chi connectivity index (χ3n) is 6.54. The Morgan fingerprint density at radius 2 is 1.93 bits per heavy atom. The van der Waals surface area contributed by atoms with E-state index in [1.807, 2.05) is 75.5 Å². The summed E-state index contributed by atoms with van der Waals surface area (Å²) < 4.78 is 13.1. The van der Waals surface area contributed by atoms with Gasteiger partial charge in [0.15, 0.2) is 10.9 Å². The summed E-state index contributed by atoms with van der Waals surface area (Å²) in [6.07, 6.45) is 1.61. The fraction of sp³-hybridized carbons (Fsp3) is 0.214. The fourth-order valence-corrected chi connectivity index (χ4v) is 6.48. The van der Waals surface area contributed by atoms with E-state index in [1.165, 1.54) is 23.1 Å². The topological polar surface area (TPSA) is 89.5 Å². The molecular weight excluding hydrogens is 568 g/mol. The molecule has 0 saturated carbocycles. The number of hydrogen-bond donors (Lipinski definition) is 0. The van der Waals surface area contributed by atoms with Crippen LogP contribution in [0.3, 0.4) is 0 Å². The van der Waals surface area contributed by atoms with Gasteiger partial charge < -0.3 is 19.0 Å². The fourth-order valence-electron chi connectivity index (χ4n) is 4.56. The molecule has 6 rings (SSSR count). The Balaban J connectivity index is 1.15. The molecule has 1 amide bonds. The highest BCUT2D eigenvalue weighted by atomic mass is 35.5. The molecule has 1 aliphatic heterocycles. The van der Waals surface area contributed by atoms with Crippen LogP contribution in [0, 0.1) is 0 Å². The van der Waals surface area contributed by atoms with Crippen molar-refractivity contribution in [2.75, 3.05) is 38.2 Å². The lowest BCUT2D eigenvalue weighted by Crippen LogP contribution is -2.48. The van der Waals surface area contributed by atoms with Crippen molar-refractivity contribution in [2.24, 2.45) is 0 Å². The van der Waals surface area contributed by atoms with Crippen molar-refractivity contribution >= 4 is 46.3 Å². The second-order valence-electron chi connectivity index (χ2n) is 8.97. The molecule has 1 aliphatic rings. The number of thiazole rings is 1. The predicted molar refractivity (Wildman–Crippen MR) is 157 cm³/mol. The summed E-state index contributed by atoms with van der Waals surface area (Å²) in [6.45, 7) is 2.75. The highest BCUT2D eigenvalue weighted by Gasteiger charge is 2.25. The molecule has 0 spiro atoms. The Kier molecular flexibility index (Phi) is 7.76. The smallest absolute Gasteiger partial charge is 0.273 e. The second kappa shape index (κ2) is 11.7. The lowest BCUT2D eigenvalue weighted by molar-refractivity contribution is 0.0741. The number of carbonyl (C=O) groups is 1. The van der Waals surface area contributed by atoms with Gasteiger partial charge in [0.1, 0.15) is 16.5 Å². The molecule has 1 saturated heterocycles. The van der Waals surface area contributed by atoms with Crippen molar-refractivity contribution in [1.82, 2.24) is 24.6 Å². The van der Waals surface area contributed by atoms with Gasteiger partial charge in [-0.2, -0.15) is 0 Å². The van der Waals surface area contributed by atoms with E-state index >= 15 is 0 Å². The van der Waals surface area contributed by atoms with E-state index < -0.39 is 0 Å². The van der Waals surface area contributed by atoms with Gasteiger partial charge in [0.05, 0.1) is 24.8 Å². The molecule has 0 bridgehead atoms. The number of thioether (sulfide) groups is 1. The normalized spacial score (nSPS) is 13.6. The van der Waals surface area contributed by atoms with Crippen LogP contribution in [0.5, 0.6) is 5.75 Å². The molecule has 2 aromatic carbocycles. The van der Waals surface area contributed by atoms with Crippen LogP contribution in [0.25, 0.3) is 17.3 Å². The van der Waals surface area contributed by atoms with Crippen LogP contribution < -0.4 is 9.64 Å². The number of amides is 1. The molecule has 204 valence electrons. The maximum atomic E-state index is 13.2. The Labute approximate surface area is 244 Å². The summed E-state index contributed by atoms with van der Waals surface area (Å²) in [4.78, 5) is 22.0. The van der Waals surface area contributed by atoms with Gasteiger partial charge in [0.25, 0.3) is 5.91 Å². The number of para-hydroxylation sites is 2. The van der Waals surface area contributed by atoms with E-state index in [4.69, 9.17) is 20.8 Å². The second-order valence-corrected chi connectivity index (χ2v) is 11.3. The van der Waals surface area contributed by atoms with E-state index in [0.29, 0.717) is 52.0 Å². The summed E-state index contributed by atoms with van der Waals surface area (Å²) in [7, 11) is 1.63. The van der Waals surface area contributed by atoms with Gasteiger partial charge in [0, 0.05) is 42.3 Å². The van der Waals surface area contributed by atoms with Crippen LogP contribution in [-0.2, 0) is 5.75 Å². The molecule has 0 radical (unpaired) electrons. The van der Waals surface area contributed by atoms with Gasteiger partial charge in [-0.1, -0.05) is 41.6 Å². The number of furan rings is 1. The number of nitrogens with zero attached hydrogens (tertiary/aromatic N) is 6. The van der Waals surface area contributed by atoms with Gasteiger partial charge >= 0.3 is 0 Å². The zero-order valence-corrected chi connectivity index (χ0v) is 24.0. The predicted octanol–water partition coefficient (Wildman–Crippen LogP) is 5.90. The van der Waals surface area contributed by atoms with Crippen LogP contribution in [0.15, 0.2) is 81.9 Å². The summed E-state index contributed by atoms with van der Waals surface area (Å²) in [5.41, 5.74) is 2.35. The molecule has 5 aromatic rings. The maximum Gasteiger partial charge on any atom is 0.273 e. The first kappa shape index (κ1) is 26.4. The van der Waals surface area contributed by atoms with Crippen molar-refractivity contribution in [1.29, 1.82) is 0 Å². The van der Waals surface area contributed by atoms with Crippen molar-refractivity contribution in [3.8, 4) is 23.0 Å². The molecule has 40 heavy (non-hydrogen) atoms. The van der Waals surface area contributed by atoms with E-state index in [1.54, 1.807) is 13.4 Å². The van der Waals surface area contributed by atoms with Crippen molar-refractivity contribution in [3.05, 3.63) is 88.0 Å². The standard InChI is InChI=1S/C28H25ClN6O3S2/c1-37-23-9-3-2-8-22(23)35-26(24-10-5-15-38-24)31-32-28(35)40-18-25-30-21(17-39-25)27(36)34-13-11-33(12-14-34)20-7-4-6-19(29)16-20/h2-10,15-17H,11-14,18H2,1H3. The third-order valence-corrected chi connectivity index (χ3v) is 8.74. The van der Waals surface area contributed by atoms with Crippen molar-refractivity contribution in [3.63, 3.8) is 0 Å². The highest BCUT2D eigenvalue weighted by molar-refractivity contribution is 7.98. The molecule has 3 aromatic heterocycles. The number of rotatable bonds is 8. The number of benzene rings is 2. The minimum Gasteiger partial charge on any atom is -0.495 e. The van der Waals surface area contributed by atoms with E-state index in [0.717, 1.165) is 29.5 Å². The molecule has 0 atom stereocenters. The molecule has 1 fully saturated rings. The number of anilines is 1. The number of hydrogen-bond acceptors (Lipinski definition) is 9. The van der Waals surface area contributed by atoms with E-state index in [2.05, 4.69) is 20.1 Å². The number of halogens is 1. The lowest BCUT2D eigenvalue weighted by Gasteiger charge is -2.35. The number of ether oxygens (including phenoxy) is 1. The lowest BCUT2D eigenvalue weighted by atomic mass is 10.2. The van der Waals surface area contributed by atoms with Gasteiger partial charge in [0.2, 0.25) is 5.82 Å². The minimum absolute atomic E-state index is 0.0458. The van der Waals surface area contributed by atoms with Gasteiger partial charge in [-0.05, 0) is 42.5 Å². The maximum absolute atomic E-state index is 13.2. The van der Waals surface area contributed by atoms with E-state index in [9.17, 15) is 4.79 Å². The van der Waals surface area contributed by atoms with Crippen LogP contribution in [0.2, 0.25) is 5.02 Å². The van der Waals surface area contributed by atoms with Crippen LogP contribution in [0.1, 0.15) is 15.5 Å². The van der Waals surface area contributed by atoms with E-state index in [-0.39, 0.29) is 5.91 Å². The molecular formula is C28H25ClN6O3S2. The molecule has 12 heteroatoms. The molecule has 0 aliphatic carbocycles. The van der Waals surface area contributed by atoms with Gasteiger partial charge in [-0.15, -0.1) is 21.5 Å². The Bertz CT molecular complexity index is 1610. The van der Waals surface area contributed by atoms with Gasteiger partial charge in [-0.3, -0.25) is 9.36 Å². The van der Waals surface area contributed by atoms with Crippen molar-refractivity contribution < 1.29 is 13.9 Å². The summed E-state index contributed by atoms with van der Waals surface area (Å²) >= 11 is 9.11. The summed E-state index contributed by atoms with van der Waals surface area (Å²) in [5.74, 6) is 2.35. The number of carbonyl (C=O) groups excluding carboxylic acids is 1. The van der Waals surface area contributed by atoms with Crippen molar-refractivity contribution in [2.45, 2.75) is 10.9 Å². The summed E-state index contributed by atoms with van der Waals surface area (Å²) in [6, 6.07) is 19.2. The first-order chi connectivity index (χ1) is 19.6. The first-order valence-corrected chi connectivity index (χ1v) is 14.8. The summed E-state index contributed by atoms with van der Waals surface area (Å²) in [5, 5.41) is 12.9. The number of piperazine rings is 1. The number of methoxy groups -OCH3 is 1. The average molecular weight is 593 g/mol. The third kappa shape index (κ3) is 5.45. The Morgan fingerprint density at radius 3 is 2.70 bits per heavy atom.